The summed E-state index contributed by atoms with van der Waals surface area (Å²) in [6.07, 6.45) is 0. The highest BCUT2D eigenvalue weighted by molar-refractivity contribution is 7.07. The number of nitrogens with zero attached hydrogens (tertiary/aromatic N) is 3. The van der Waals surface area contributed by atoms with E-state index in [0.717, 1.165) is 0 Å². The average Bonchev–Trinajstić information content (AvgIpc) is 2.75. The van der Waals surface area contributed by atoms with E-state index in [-0.39, 0.29) is 12.4 Å². The second kappa shape index (κ2) is 3.00. The van der Waals surface area contributed by atoms with Gasteiger partial charge in [0.25, 0.3) is 5.89 Å². The standard InChI is InChI=1S/C6H5N3O2S/c10-1-5-8-6(11-9-5)4-2-12-3-7-4/h2-3,10H,1H2. The summed E-state index contributed by atoms with van der Waals surface area (Å²) in [5.74, 6) is 0.623. The van der Waals surface area contributed by atoms with E-state index in [1.807, 2.05) is 0 Å². The van der Waals surface area contributed by atoms with E-state index >= 15 is 0 Å². The predicted molar refractivity (Wildman–Crippen MR) is 41.3 cm³/mol. The molecule has 1 N–H and O–H groups in total. The number of hydrogen-bond donors (Lipinski definition) is 1. The zero-order valence-corrected chi connectivity index (χ0v) is 6.78. The molecule has 5 nitrogen and oxygen atoms in total. The van der Waals surface area contributed by atoms with Gasteiger partial charge in [-0.05, 0) is 0 Å². The van der Waals surface area contributed by atoms with Gasteiger partial charge in [-0.3, -0.25) is 0 Å². The molecule has 2 rings (SSSR count). The minimum absolute atomic E-state index is 0.215. The highest BCUT2D eigenvalue weighted by Gasteiger charge is 2.08. The molecule has 0 aliphatic carbocycles. The Kier molecular flexibility index (Phi) is 1.84. The molecule has 0 aliphatic heterocycles. The molecule has 0 aliphatic rings. The lowest BCUT2D eigenvalue weighted by molar-refractivity contribution is 0.264. The van der Waals surface area contributed by atoms with Crippen molar-refractivity contribution in [2.45, 2.75) is 6.61 Å². The Bertz CT molecular complexity index is 357. The van der Waals surface area contributed by atoms with Crippen molar-refractivity contribution in [2.24, 2.45) is 0 Å². The van der Waals surface area contributed by atoms with Crippen molar-refractivity contribution in [3.63, 3.8) is 0 Å². The van der Waals surface area contributed by atoms with Crippen molar-refractivity contribution in [2.75, 3.05) is 0 Å². The summed E-state index contributed by atoms with van der Waals surface area (Å²) in [6.45, 7) is -0.215. The van der Waals surface area contributed by atoms with Crippen LogP contribution in [0.3, 0.4) is 0 Å². The highest BCUT2D eigenvalue weighted by Crippen LogP contribution is 2.15. The molecule has 0 spiro atoms. The van der Waals surface area contributed by atoms with Crippen LogP contribution in [0.15, 0.2) is 15.4 Å². The van der Waals surface area contributed by atoms with E-state index in [4.69, 9.17) is 9.63 Å². The molecule has 0 unspecified atom stereocenters. The summed E-state index contributed by atoms with van der Waals surface area (Å²) in [5.41, 5.74) is 2.32. The molecule has 12 heavy (non-hydrogen) atoms. The van der Waals surface area contributed by atoms with Crippen LogP contribution in [-0.4, -0.2) is 20.2 Å². The minimum atomic E-state index is -0.215. The summed E-state index contributed by atoms with van der Waals surface area (Å²) in [6, 6.07) is 0. The fourth-order valence-electron chi connectivity index (χ4n) is 0.740. The number of hydrogen-bond acceptors (Lipinski definition) is 6. The molecule has 0 saturated heterocycles. The smallest absolute Gasteiger partial charge is 0.277 e. The Labute approximate surface area is 71.7 Å². The maximum atomic E-state index is 8.65. The van der Waals surface area contributed by atoms with Crippen LogP contribution in [0.5, 0.6) is 0 Å². The maximum absolute atomic E-state index is 8.65. The van der Waals surface area contributed by atoms with Crippen LogP contribution in [0.2, 0.25) is 0 Å². The number of rotatable bonds is 2. The van der Waals surface area contributed by atoms with Crippen LogP contribution in [-0.2, 0) is 6.61 Å². The molecule has 0 bridgehead atoms. The summed E-state index contributed by atoms with van der Waals surface area (Å²) < 4.78 is 4.82. The summed E-state index contributed by atoms with van der Waals surface area (Å²) >= 11 is 1.45. The Morgan fingerprint density at radius 2 is 2.50 bits per heavy atom. The first-order valence-electron chi connectivity index (χ1n) is 3.22. The monoisotopic (exact) mass is 183 g/mol. The third-order valence-electron chi connectivity index (χ3n) is 1.26. The van der Waals surface area contributed by atoms with Crippen molar-refractivity contribution in [1.82, 2.24) is 15.1 Å². The van der Waals surface area contributed by atoms with Crippen LogP contribution in [0.25, 0.3) is 11.6 Å². The highest BCUT2D eigenvalue weighted by atomic mass is 32.1. The molecule has 2 aromatic rings. The van der Waals surface area contributed by atoms with Gasteiger partial charge in [0.15, 0.2) is 5.82 Å². The molecular formula is C6H5N3O2S. The minimum Gasteiger partial charge on any atom is -0.388 e. The number of thiazole rings is 1. The SMILES string of the molecule is OCc1noc(-c2cscn2)n1. The topological polar surface area (TPSA) is 72.0 Å². The Balaban J connectivity index is 2.35. The third kappa shape index (κ3) is 1.21. The van der Waals surface area contributed by atoms with Gasteiger partial charge in [-0.15, -0.1) is 11.3 Å². The molecule has 6 heteroatoms. The van der Waals surface area contributed by atoms with Gasteiger partial charge in [0.2, 0.25) is 0 Å². The first kappa shape index (κ1) is 7.38. The summed E-state index contributed by atoms with van der Waals surface area (Å²) in [4.78, 5) is 7.86. The van der Waals surface area contributed by atoms with Gasteiger partial charge in [0.05, 0.1) is 5.51 Å². The Morgan fingerprint density at radius 1 is 1.58 bits per heavy atom. The van der Waals surface area contributed by atoms with Crippen LogP contribution in [0.1, 0.15) is 5.82 Å². The quantitative estimate of drug-likeness (QED) is 0.741. The van der Waals surface area contributed by atoms with Crippen LogP contribution in [0.4, 0.5) is 0 Å². The zero-order valence-electron chi connectivity index (χ0n) is 5.97. The van der Waals surface area contributed by atoms with Crippen molar-refractivity contribution >= 4 is 11.3 Å². The number of aliphatic hydroxyl groups is 1. The van der Waals surface area contributed by atoms with Gasteiger partial charge in [0, 0.05) is 5.38 Å². The first-order valence-corrected chi connectivity index (χ1v) is 4.16. The Hall–Kier alpha value is -1.27. The lowest BCUT2D eigenvalue weighted by atomic mass is 10.5. The van der Waals surface area contributed by atoms with Gasteiger partial charge < -0.3 is 9.63 Å². The number of aromatic nitrogens is 3. The van der Waals surface area contributed by atoms with E-state index in [1.54, 1.807) is 10.9 Å². The first-order chi connectivity index (χ1) is 5.90. The number of aliphatic hydroxyl groups excluding tert-OH is 1. The van der Waals surface area contributed by atoms with E-state index in [2.05, 4.69) is 15.1 Å². The molecular weight excluding hydrogens is 178 g/mol. The second-order valence-electron chi connectivity index (χ2n) is 2.05. The molecule has 0 atom stereocenters. The van der Waals surface area contributed by atoms with Crippen molar-refractivity contribution < 1.29 is 9.63 Å². The van der Waals surface area contributed by atoms with Gasteiger partial charge in [-0.2, -0.15) is 4.98 Å². The average molecular weight is 183 g/mol. The molecule has 0 saturated carbocycles. The maximum Gasteiger partial charge on any atom is 0.277 e. The molecule has 0 radical (unpaired) electrons. The molecule has 2 heterocycles. The molecule has 2 aromatic heterocycles. The normalized spacial score (nSPS) is 10.4. The van der Waals surface area contributed by atoms with E-state index in [9.17, 15) is 0 Å². The van der Waals surface area contributed by atoms with Crippen LogP contribution in [0, 0.1) is 0 Å². The second-order valence-corrected chi connectivity index (χ2v) is 2.77. The zero-order chi connectivity index (χ0) is 8.39. The largest absolute Gasteiger partial charge is 0.388 e. The van der Waals surface area contributed by atoms with Crippen molar-refractivity contribution in [1.29, 1.82) is 0 Å². The van der Waals surface area contributed by atoms with Gasteiger partial charge >= 0.3 is 0 Å². The van der Waals surface area contributed by atoms with Crippen molar-refractivity contribution in [3.05, 3.63) is 16.7 Å². The fourth-order valence-corrected chi connectivity index (χ4v) is 1.27. The van der Waals surface area contributed by atoms with Gasteiger partial charge in [0.1, 0.15) is 12.3 Å². The van der Waals surface area contributed by atoms with E-state index in [1.165, 1.54) is 11.3 Å². The molecule has 0 amide bonds. The molecule has 0 fully saturated rings. The lowest BCUT2D eigenvalue weighted by Gasteiger charge is -1.80. The van der Waals surface area contributed by atoms with Gasteiger partial charge in [-0.1, -0.05) is 5.16 Å². The van der Waals surface area contributed by atoms with Crippen molar-refractivity contribution in [3.8, 4) is 11.6 Å². The Morgan fingerprint density at radius 3 is 3.08 bits per heavy atom. The van der Waals surface area contributed by atoms with Crippen LogP contribution < -0.4 is 0 Å². The van der Waals surface area contributed by atoms with Crippen LogP contribution >= 0.6 is 11.3 Å². The fraction of sp³-hybridized carbons (Fsp3) is 0.167. The molecule has 62 valence electrons. The lowest BCUT2D eigenvalue weighted by Crippen LogP contribution is -1.84. The molecule has 0 aromatic carbocycles. The summed E-state index contributed by atoms with van der Waals surface area (Å²) in [7, 11) is 0. The predicted octanol–water partition coefficient (Wildman–Crippen LogP) is 0.685. The van der Waals surface area contributed by atoms with E-state index < -0.39 is 0 Å². The summed E-state index contributed by atoms with van der Waals surface area (Å²) in [5, 5.41) is 14.0. The van der Waals surface area contributed by atoms with Gasteiger partial charge in [-0.25, -0.2) is 4.98 Å². The third-order valence-corrected chi connectivity index (χ3v) is 1.85. The van der Waals surface area contributed by atoms with E-state index in [0.29, 0.717) is 11.6 Å².